The van der Waals surface area contributed by atoms with Gasteiger partial charge in [-0.2, -0.15) is 17.0 Å². The molecule has 2 aliphatic rings. The molecule has 0 N–H and O–H groups in total. The maximum Gasteiger partial charge on any atom is 0.281 e. The highest BCUT2D eigenvalue weighted by atomic mass is 32.2. The van der Waals surface area contributed by atoms with E-state index in [-0.39, 0.29) is 5.92 Å². The van der Waals surface area contributed by atoms with Crippen molar-refractivity contribution in [3.05, 3.63) is 23.3 Å². The summed E-state index contributed by atoms with van der Waals surface area (Å²) < 4.78 is 28.3. The van der Waals surface area contributed by atoms with Crippen LogP contribution in [0.4, 0.5) is 0 Å². The van der Waals surface area contributed by atoms with Gasteiger partial charge in [0.05, 0.1) is 0 Å². The Morgan fingerprint density at radius 3 is 2.29 bits per heavy atom. The molecule has 0 bridgehead atoms. The van der Waals surface area contributed by atoms with Crippen LogP contribution in [-0.4, -0.2) is 53.2 Å². The molecule has 0 spiro atoms. The molecular weight excluding hydrogens is 288 g/mol. The van der Waals surface area contributed by atoms with E-state index in [1.165, 1.54) is 0 Å². The molecular formula is C14H22N4O2S. The lowest BCUT2D eigenvalue weighted by Gasteiger charge is -2.23. The Hall–Kier alpha value is -1.05. The maximum atomic E-state index is 12.6. The van der Waals surface area contributed by atoms with Crippen molar-refractivity contribution >= 4 is 10.2 Å². The summed E-state index contributed by atoms with van der Waals surface area (Å²) in [5, 5.41) is 0. The third-order valence-corrected chi connectivity index (χ3v) is 6.24. The fourth-order valence-electron chi connectivity index (χ4n) is 3.17. The van der Waals surface area contributed by atoms with Crippen LogP contribution in [-0.2, 0) is 10.2 Å². The minimum atomic E-state index is -3.29. The first-order chi connectivity index (χ1) is 9.96. The van der Waals surface area contributed by atoms with Crippen molar-refractivity contribution < 1.29 is 8.42 Å². The number of nitrogens with zero attached hydrogens (tertiary/aromatic N) is 4. The smallest absolute Gasteiger partial charge is 0.238 e. The molecule has 0 aliphatic carbocycles. The molecule has 2 aliphatic heterocycles. The van der Waals surface area contributed by atoms with Gasteiger partial charge in [-0.25, -0.2) is 9.97 Å². The average molecular weight is 310 g/mol. The minimum absolute atomic E-state index is 0.112. The Labute approximate surface area is 126 Å². The zero-order valence-electron chi connectivity index (χ0n) is 12.6. The molecule has 1 aromatic heterocycles. The molecule has 0 saturated carbocycles. The summed E-state index contributed by atoms with van der Waals surface area (Å²) in [7, 11) is -3.29. The van der Waals surface area contributed by atoms with Crippen LogP contribution in [0, 0.1) is 13.8 Å². The average Bonchev–Trinajstić information content (AvgIpc) is 3.10. The Bertz CT molecular complexity index is 606. The van der Waals surface area contributed by atoms with Crippen molar-refractivity contribution in [1.82, 2.24) is 18.6 Å². The van der Waals surface area contributed by atoms with Crippen LogP contribution in [0.3, 0.4) is 0 Å². The third-order valence-electron chi connectivity index (χ3n) is 4.23. The number of hydrogen-bond donors (Lipinski definition) is 0. The quantitative estimate of drug-likeness (QED) is 0.842. The van der Waals surface area contributed by atoms with Crippen LogP contribution in [0.2, 0.25) is 0 Å². The van der Waals surface area contributed by atoms with Crippen LogP contribution in [0.1, 0.15) is 42.4 Å². The SMILES string of the molecule is Cc1cc(C)nc([C@@H]2CCN(S(=O)(=O)N3CCCC3)C2)n1. The van der Waals surface area contributed by atoms with E-state index in [2.05, 4.69) is 9.97 Å². The zero-order valence-corrected chi connectivity index (χ0v) is 13.4. The molecule has 2 fully saturated rings. The lowest BCUT2D eigenvalue weighted by Crippen LogP contribution is -2.41. The monoisotopic (exact) mass is 310 g/mol. The van der Waals surface area contributed by atoms with Gasteiger partial charge >= 0.3 is 0 Å². The minimum Gasteiger partial charge on any atom is -0.238 e. The van der Waals surface area contributed by atoms with Gasteiger partial charge in [0.15, 0.2) is 0 Å². The summed E-state index contributed by atoms with van der Waals surface area (Å²) in [6.45, 7) is 6.28. The third kappa shape index (κ3) is 2.95. The van der Waals surface area contributed by atoms with Gasteiger partial charge in [-0.15, -0.1) is 0 Å². The topological polar surface area (TPSA) is 66.4 Å². The molecule has 0 radical (unpaired) electrons. The van der Waals surface area contributed by atoms with Gasteiger partial charge in [-0.05, 0) is 39.2 Å². The molecule has 116 valence electrons. The molecule has 3 heterocycles. The Morgan fingerprint density at radius 2 is 1.67 bits per heavy atom. The molecule has 0 aromatic carbocycles. The predicted octanol–water partition coefficient (Wildman–Crippen LogP) is 1.22. The largest absolute Gasteiger partial charge is 0.281 e. The Kier molecular flexibility index (Phi) is 3.98. The predicted molar refractivity (Wildman–Crippen MR) is 80.2 cm³/mol. The second-order valence-electron chi connectivity index (χ2n) is 5.97. The van der Waals surface area contributed by atoms with E-state index in [1.54, 1.807) is 8.61 Å². The fraction of sp³-hybridized carbons (Fsp3) is 0.714. The summed E-state index contributed by atoms with van der Waals surface area (Å²) in [6, 6.07) is 1.94. The van der Waals surface area contributed by atoms with Crippen LogP contribution in [0.15, 0.2) is 6.07 Å². The first-order valence-electron chi connectivity index (χ1n) is 7.54. The summed E-state index contributed by atoms with van der Waals surface area (Å²) in [4.78, 5) is 8.97. The molecule has 1 aromatic rings. The first kappa shape index (κ1) is 14.9. The van der Waals surface area contributed by atoms with Crippen LogP contribution < -0.4 is 0 Å². The molecule has 7 heteroatoms. The second kappa shape index (κ2) is 5.62. The molecule has 3 rings (SSSR count). The van der Waals surface area contributed by atoms with Gasteiger partial charge in [-0.1, -0.05) is 0 Å². The van der Waals surface area contributed by atoms with E-state index >= 15 is 0 Å². The highest BCUT2D eigenvalue weighted by molar-refractivity contribution is 7.86. The summed E-state index contributed by atoms with van der Waals surface area (Å²) in [6.07, 6.45) is 2.74. The normalized spacial score (nSPS) is 24.8. The fourth-order valence-corrected chi connectivity index (χ4v) is 4.92. The maximum absolute atomic E-state index is 12.6. The highest BCUT2D eigenvalue weighted by Gasteiger charge is 2.37. The van der Waals surface area contributed by atoms with Gasteiger partial charge < -0.3 is 0 Å². The van der Waals surface area contributed by atoms with Crippen LogP contribution >= 0.6 is 0 Å². The highest BCUT2D eigenvalue weighted by Crippen LogP contribution is 2.29. The van der Waals surface area contributed by atoms with Gasteiger partial charge in [0.1, 0.15) is 5.82 Å². The molecule has 0 unspecified atom stereocenters. The van der Waals surface area contributed by atoms with Crippen LogP contribution in [0.25, 0.3) is 0 Å². The molecule has 2 saturated heterocycles. The first-order valence-corrected chi connectivity index (χ1v) is 8.94. The van der Waals surface area contributed by atoms with Crippen LogP contribution in [0.5, 0.6) is 0 Å². The lowest BCUT2D eigenvalue weighted by atomic mass is 10.1. The van der Waals surface area contributed by atoms with Gasteiger partial charge in [0.25, 0.3) is 10.2 Å². The van der Waals surface area contributed by atoms with Crippen molar-refractivity contribution in [2.24, 2.45) is 0 Å². The van der Waals surface area contributed by atoms with Crippen molar-refractivity contribution in [1.29, 1.82) is 0 Å². The number of aryl methyl sites for hydroxylation is 2. The molecule has 1 atom stereocenters. The number of rotatable bonds is 3. The van der Waals surface area contributed by atoms with E-state index in [0.717, 1.165) is 36.5 Å². The van der Waals surface area contributed by atoms with Gasteiger partial charge in [0.2, 0.25) is 0 Å². The van der Waals surface area contributed by atoms with E-state index in [4.69, 9.17) is 0 Å². The van der Waals surface area contributed by atoms with Gasteiger partial charge in [-0.3, -0.25) is 0 Å². The van der Waals surface area contributed by atoms with E-state index in [9.17, 15) is 8.42 Å². The lowest BCUT2D eigenvalue weighted by molar-refractivity contribution is 0.395. The van der Waals surface area contributed by atoms with Crippen molar-refractivity contribution in [3.8, 4) is 0 Å². The Morgan fingerprint density at radius 1 is 1.05 bits per heavy atom. The standard InChI is InChI=1S/C14H22N4O2S/c1-11-9-12(2)16-14(15-11)13-5-8-18(10-13)21(19,20)17-6-3-4-7-17/h9,13H,3-8,10H2,1-2H3/t13-/m1/s1. The summed E-state index contributed by atoms with van der Waals surface area (Å²) in [5.41, 5.74) is 1.89. The number of hydrogen-bond acceptors (Lipinski definition) is 4. The van der Waals surface area contributed by atoms with Crippen molar-refractivity contribution in [2.45, 2.75) is 39.0 Å². The second-order valence-corrected chi connectivity index (χ2v) is 7.89. The molecule has 21 heavy (non-hydrogen) atoms. The Balaban J connectivity index is 1.76. The van der Waals surface area contributed by atoms with E-state index in [0.29, 0.717) is 26.2 Å². The molecule has 0 amide bonds. The zero-order chi connectivity index (χ0) is 15.0. The van der Waals surface area contributed by atoms with E-state index < -0.39 is 10.2 Å². The van der Waals surface area contributed by atoms with Gasteiger partial charge in [0, 0.05) is 43.5 Å². The van der Waals surface area contributed by atoms with E-state index in [1.807, 2.05) is 19.9 Å². The van der Waals surface area contributed by atoms with Crippen molar-refractivity contribution in [2.75, 3.05) is 26.2 Å². The van der Waals surface area contributed by atoms with Crippen molar-refractivity contribution in [3.63, 3.8) is 0 Å². The number of aromatic nitrogens is 2. The summed E-state index contributed by atoms with van der Waals surface area (Å²) >= 11 is 0. The molecule has 6 nitrogen and oxygen atoms in total. The summed E-state index contributed by atoms with van der Waals surface area (Å²) in [5.74, 6) is 0.896.